The lowest BCUT2D eigenvalue weighted by molar-refractivity contribution is 0.560. The summed E-state index contributed by atoms with van der Waals surface area (Å²) in [6.07, 6.45) is 26.3. The van der Waals surface area contributed by atoms with Crippen LogP contribution in [0.15, 0.2) is 204 Å². The molecule has 0 fully saturated rings. The molecule has 2 heteroatoms. The maximum atomic E-state index is 6.88. The number of aryl methyl sites for hydroxylation is 1. The predicted octanol–water partition coefficient (Wildman–Crippen LogP) is 15.7. The molecule has 7 aromatic rings. The molecule has 294 valence electrons. The summed E-state index contributed by atoms with van der Waals surface area (Å²) in [5.74, 6) is 2.29. The second-order valence-electron chi connectivity index (χ2n) is 17.9. The number of hydrogen-bond acceptors (Lipinski definition) is 2. The van der Waals surface area contributed by atoms with Crippen LogP contribution >= 0.6 is 0 Å². The average molecular weight is 786 g/mol. The van der Waals surface area contributed by atoms with E-state index in [9.17, 15) is 0 Å². The molecule has 0 saturated carbocycles. The number of anilines is 3. The summed E-state index contributed by atoms with van der Waals surface area (Å²) in [7, 11) is 0. The molecule has 0 amide bonds. The Kier molecular flexibility index (Phi) is 8.32. The number of benzene rings is 6. The molecule has 6 aromatic carbocycles. The molecule has 1 heterocycles. The number of rotatable bonds is 6. The first-order valence-electron chi connectivity index (χ1n) is 22.0. The molecule has 0 radical (unpaired) electrons. The highest BCUT2D eigenvalue weighted by atomic mass is 16.3. The van der Waals surface area contributed by atoms with Crippen molar-refractivity contribution < 1.29 is 4.42 Å². The van der Waals surface area contributed by atoms with E-state index in [1.165, 1.54) is 66.3 Å². The highest BCUT2D eigenvalue weighted by Gasteiger charge is 2.39. The van der Waals surface area contributed by atoms with Gasteiger partial charge in [0.1, 0.15) is 11.3 Å². The topological polar surface area (TPSA) is 16.4 Å². The molecule has 0 saturated heterocycles. The fraction of sp³-hybridized carbons (Fsp3) is 0.153. The summed E-state index contributed by atoms with van der Waals surface area (Å²) in [5, 5.41) is 3.62. The van der Waals surface area contributed by atoms with Gasteiger partial charge in [0.25, 0.3) is 0 Å². The zero-order chi connectivity index (χ0) is 40.7. The molecule has 5 aliphatic carbocycles. The minimum Gasteiger partial charge on any atom is -0.456 e. The minimum absolute atomic E-state index is 0.0494. The second-order valence-corrected chi connectivity index (χ2v) is 17.9. The van der Waals surface area contributed by atoms with Gasteiger partial charge >= 0.3 is 0 Å². The van der Waals surface area contributed by atoms with Crippen LogP contribution < -0.4 is 4.90 Å². The number of nitrogens with zero attached hydrogens (tertiary/aromatic N) is 1. The van der Waals surface area contributed by atoms with E-state index in [-0.39, 0.29) is 5.41 Å². The van der Waals surface area contributed by atoms with Crippen molar-refractivity contribution in [3.63, 3.8) is 0 Å². The quantitative estimate of drug-likeness (QED) is 0.167. The Balaban J connectivity index is 0.868. The van der Waals surface area contributed by atoms with Gasteiger partial charge in [-0.3, -0.25) is 0 Å². The number of furan rings is 1. The summed E-state index contributed by atoms with van der Waals surface area (Å²) in [5.41, 5.74) is 18.1. The molecule has 5 aliphatic rings. The Hall–Kier alpha value is -6.90. The van der Waals surface area contributed by atoms with Crippen LogP contribution in [0.3, 0.4) is 0 Å². The maximum Gasteiger partial charge on any atom is 0.142 e. The van der Waals surface area contributed by atoms with E-state index < -0.39 is 0 Å². The van der Waals surface area contributed by atoms with Gasteiger partial charge in [0, 0.05) is 56.6 Å². The van der Waals surface area contributed by atoms with Crippen LogP contribution in [0.5, 0.6) is 0 Å². The largest absolute Gasteiger partial charge is 0.456 e. The van der Waals surface area contributed by atoms with Crippen LogP contribution in [-0.2, 0) is 11.8 Å². The average Bonchev–Trinajstić information content (AvgIpc) is 3.80. The number of para-hydroxylation sites is 1. The Morgan fingerprint density at radius 1 is 0.590 bits per heavy atom. The van der Waals surface area contributed by atoms with Crippen molar-refractivity contribution in [1.82, 2.24) is 0 Å². The molecule has 2 nitrogen and oxygen atoms in total. The number of fused-ring (bicyclic) bond motifs is 8. The molecule has 0 aliphatic heterocycles. The minimum atomic E-state index is 0.0494. The lowest BCUT2D eigenvalue weighted by atomic mass is 9.73. The van der Waals surface area contributed by atoms with E-state index in [2.05, 4.69) is 213 Å². The fourth-order valence-corrected chi connectivity index (χ4v) is 10.9. The van der Waals surface area contributed by atoms with Crippen molar-refractivity contribution in [1.29, 1.82) is 0 Å². The van der Waals surface area contributed by atoms with Crippen LogP contribution in [0.2, 0.25) is 0 Å². The summed E-state index contributed by atoms with van der Waals surface area (Å²) < 4.78 is 6.88. The van der Waals surface area contributed by atoms with Crippen molar-refractivity contribution in [3.8, 4) is 11.1 Å². The van der Waals surface area contributed by atoms with Crippen LogP contribution in [0.25, 0.3) is 50.1 Å². The molecule has 0 N–H and O–H groups in total. The predicted molar refractivity (Wildman–Crippen MR) is 256 cm³/mol. The van der Waals surface area contributed by atoms with E-state index >= 15 is 0 Å². The Labute approximate surface area is 358 Å². The first kappa shape index (κ1) is 36.0. The van der Waals surface area contributed by atoms with Crippen molar-refractivity contribution in [2.24, 2.45) is 17.8 Å². The van der Waals surface area contributed by atoms with E-state index in [1.54, 1.807) is 5.57 Å². The van der Waals surface area contributed by atoms with Crippen molar-refractivity contribution in [3.05, 3.63) is 227 Å². The van der Waals surface area contributed by atoms with E-state index in [0.29, 0.717) is 17.8 Å². The molecule has 1 aromatic heterocycles. The van der Waals surface area contributed by atoms with E-state index in [0.717, 1.165) is 47.7 Å². The maximum absolute atomic E-state index is 6.88. The second kappa shape index (κ2) is 14.1. The zero-order valence-corrected chi connectivity index (χ0v) is 34.7. The van der Waals surface area contributed by atoms with Gasteiger partial charge in [0.2, 0.25) is 0 Å². The van der Waals surface area contributed by atoms with Gasteiger partial charge in [0.15, 0.2) is 0 Å². The van der Waals surface area contributed by atoms with Crippen LogP contribution in [-0.4, -0.2) is 0 Å². The molecule has 0 spiro atoms. The number of hydrogen-bond donors (Lipinski definition) is 0. The van der Waals surface area contributed by atoms with E-state index in [1.807, 2.05) is 0 Å². The van der Waals surface area contributed by atoms with Crippen molar-refractivity contribution in [2.75, 3.05) is 4.90 Å². The molecule has 3 atom stereocenters. The van der Waals surface area contributed by atoms with Gasteiger partial charge in [-0.25, -0.2) is 0 Å². The Morgan fingerprint density at radius 3 is 2.08 bits per heavy atom. The summed E-state index contributed by atoms with van der Waals surface area (Å²) >= 11 is 0. The smallest absolute Gasteiger partial charge is 0.142 e. The molecule has 61 heavy (non-hydrogen) atoms. The lowest BCUT2D eigenvalue weighted by Crippen LogP contribution is -2.21. The van der Waals surface area contributed by atoms with Crippen LogP contribution in [0.4, 0.5) is 17.1 Å². The van der Waals surface area contributed by atoms with Gasteiger partial charge in [0.05, 0.1) is 0 Å². The molecule has 3 unspecified atom stereocenters. The lowest BCUT2D eigenvalue weighted by Gasteiger charge is -2.30. The third kappa shape index (κ3) is 5.92. The van der Waals surface area contributed by atoms with Gasteiger partial charge < -0.3 is 9.32 Å². The van der Waals surface area contributed by atoms with Gasteiger partial charge in [-0.1, -0.05) is 171 Å². The first-order chi connectivity index (χ1) is 30.0. The van der Waals surface area contributed by atoms with Gasteiger partial charge in [-0.2, -0.15) is 0 Å². The van der Waals surface area contributed by atoms with E-state index in [4.69, 9.17) is 4.42 Å². The summed E-state index contributed by atoms with van der Waals surface area (Å²) in [6.45, 7) is 4.80. The standard InChI is InChI=1S/C59H47NO/c1-59(2)55-19-11-10-17-49(55)50-32-26-43(35-56(50)59)44-27-33-51-54-37-53(48-16-8-9-18-52(48)58(54)61-57(51)36-44)40-24-30-47(31-25-40)60(45-14-4-3-5-15-45)46-28-22-39(23-29-46)42-21-20-38-12-6-7-13-41(38)34-42/h3-26,28-32,34,36-38,41,43H,27,33,35H2,1-2H3. The molecular formula is C59H47NO. The normalized spacial score (nSPS) is 20.6. The molecule has 0 bridgehead atoms. The van der Waals surface area contributed by atoms with Crippen molar-refractivity contribution >= 4 is 56.0 Å². The fourth-order valence-electron chi connectivity index (χ4n) is 10.9. The third-order valence-corrected chi connectivity index (χ3v) is 14.2. The molecule has 12 rings (SSSR count). The Bertz CT molecular complexity index is 3120. The third-order valence-electron chi connectivity index (χ3n) is 14.2. The molecular weight excluding hydrogens is 739 g/mol. The number of allylic oxidation sites excluding steroid dienone is 13. The van der Waals surface area contributed by atoms with Gasteiger partial charge in [-0.05, 0) is 112 Å². The zero-order valence-electron chi connectivity index (χ0n) is 34.7. The summed E-state index contributed by atoms with van der Waals surface area (Å²) in [6, 6.07) is 49.0. The van der Waals surface area contributed by atoms with Crippen LogP contribution in [0.1, 0.15) is 54.7 Å². The van der Waals surface area contributed by atoms with Crippen molar-refractivity contribution in [2.45, 2.75) is 38.5 Å². The highest BCUT2D eigenvalue weighted by Crippen LogP contribution is 2.53. The monoisotopic (exact) mass is 785 g/mol. The SMILES string of the molecule is CC1(C)C2=C(C=CC(C3=Cc4oc5c(cc(-c6ccc(N(c7ccccc7)c7ccc(C8=CC9C=CC=CC9C=C8)cc7)cc6)c6ccccc65)c4CC3)C2)c2ccccc21. The highest BCUT2D eigenvalue weighted by molar-refractivity contribution is 6.13. The Morgan fingerprint density at radius 2 is 1.28 bits per heavy atom. The van der Waals surface area contributed by atoms with Crippen LogP contribution in [0, 0.1) is 17.8 Å². The van der Waals surface area contributed by atoms with Gasteiger partial charge in [-0.15, -0.1) is 0 Å². The summed E-state index contributed by atoms with van der Waals surface area (Å²) in [4.78, 5) is 2.35. The first-order valence-corrected chi connectivity index (χ1v) is 22.0.